The first kappa shape index (κ1) is 18.1. The van der Waals surface area contributed by atoms with Crippen molar-refractivity contribution in [3.8, 4) is 0 Å². The minimum Gasteiger partial charge on any atom is -0.270 e. The lowest BCUT2D eigenvalue weighted by molar-refractivity contribution is 0.314. The van der Waals surface area contributed by atoms with Crippen molar-refractivity contribution in [1.29, 1.82) is 0 Å². The lowest BCUT2D eigenvalue weighted by Crippen LogP contribution is -2.34. The van der Waals surface area contributed by atoms with E-state index in [1.54, 1.807) is 0 Å². The van der Waals surface area contributed by atoms with Crippen molar-refractivity contribution < 1.29 is 12.6 Å². The summed E-state index contributed by atoms with van der Waals surface area (Å²) in [5.41, 5.74) is 0. The van der Waals surface area contributed by atoms with Crippen molar-refractivity contribution in [2.45, 2.75) is 70.5 Å². The van der Waals surface area contributed by atoms with Gasteiger partial charge in [0.1, 0.15) is 0 Å². The molecule has 0 aromatic carbocycles. The molecule has 1 radical (unpaired) electrons. The zero-order valence-corrected chi connectivity index (χ0v) is 14.8. The van der Waals surface area contributed by atoms with Crippen LogP contribution in [0.3, 0.4) is 0 Å². The molecule has 18 heavy (non-hydrogen) atoms. The fraction of sp³-hybridized carbons (Fsp3) is 1.00. The van der Waals surface area contributed by atoms with E-state index < -0.39 is 18.9 Å². The molecular weight excluding hydrogens is 264 g/mol. The summed E-state index contributed by atoms with van der Waals surface area (Å²) in [4.78, 5) is 0. The molecule has 0 aromatic heterocycles. The van der Waals surface area contributed by atoms with Gasteiger partial charge in [-0.1, -0.05) is 54.0 Å². The first-order valence-electron chi connectivity index (χ1n) is 6.55. The molecule has 0 unspecified atom stereocenters. The molecular formula is C13H29O3SSi. The van der Waals surface area contributed by atoms with Gasteiger partial charge in [0.25, 0.3) is 10.1 Å². The third-order valence-electron chi connectivity index (χ3n) is 2.93. The Balaban J connectivity index is 4.16. The van der Waals surface area contributed by atoms with Gasteiger partial charge in [-0.05, 0) is 16.5 Å². The van der Waals surface area contributed by atoms with E-state index in [4.69, 9.17) is 4.18 Å². The molecule has 0 N–H and O–H groups in total. The maximum atomic E-state index is 10.8. The van der Waals surface area contributed by atoms with Crippen molar-refractivity contribution in [3.63, 3.8) is 0 Å². The van der Waals surface area contributed by atoms with Crippen LogP contribution < -0.4 is 0 Å². The van der Waals surface area contributed by atoms with Crippen molar-refractivity contribution in [1.82, 2.24) is 0 Å². The van der Waals surface area contributed by atoms with Crippen LogP contribution in [0.4, 0.5) is 0 Å². The predicted molar refractivity (Wildman–Crippen MR) is 80.0 cm³/mol. The Kier molecular flexibility index (Phi) is 6.57. The summed E-state index contributed by atoms with van der Waals surface area (Å²) in [7, 11) is -3.77. The Bertz CT molecular complexity index is 322. The zero-order chi connectivity index (χ0) is 14.6. The molecule has 0 aliphatic carbocycles. The second-order valence-corrected chi connectivity index (χ2v) is 13.1. The second kappa shape index (κ2) is 6.53. The summed E-state index contributed by atoms with van der Waals surface area (Å²) in [6, 6.07) is 1.21. The third-order valence-corrected chi connectivity index (χ3v) is 8.00. The van der Waals surface area contributed by atoms with Gasteiger partial charge in [-0.3, -0.25) is 4.18 Å². The fourth-order valence-corrected chi connectivity index (χ4v) is 7.26. The average Bonchev–Trinajstić information content (AvgIpc) is 2.04. The van der Waals surface area contributed by atoms with Crippen LogP contribution in [-0.2, 0) is 14.3 Å². The van der Waals surface area contributed by atoms with Gasteiger partial charge in [0.2, 0.25) is 0 Å². The lowest BCUT2D eigenvalue weighted by Gasteiger charge is -2.39. The minimum absolute atomic E-state index is 0.322. The molecule has 0 amide bonds. The minimum atomic E-state index is -3.27. The van der Waals surface area contributed by atoms with Crippen molar-refractivity contribution in [2.75, 3.05) is 12.9 Å². The topological polar surface area (TPSA) is 43.4 Å². The fourth-order valence-electron chi connectivity index (χ4n) is 2.49. The van der Waals surface area contributed by atoms with Gasteiger partial charge in [-0.15, -0.1) is 0 Å². The molecule has 5 heteroatoms. The SMILES string of the molecule is CC(C)(C)[Si](CCCCOS(C)(=O)=O)C(C)(C)C. The summed E-state index contributed by atoms with van der Waals surface area (Å²) in [5.74, 6) is 0. The van der Waals surface area contributed by atoms with Crippen LogP contribution >= 0.6 is 0 Å². The van der Waals surface area contributed by atoms with Crippen LogP contribution in [0.25, 0.3) is 0 Å². The first-order valence-corrected chi connectivity index (χ1v) is 10.1. The highest BCUT2D eigenvalue weighted by Crippen LogP contribution is 2.44. The monoisotopic (exact) mass is 293 g/mol. The van der Waals surface area contributed by atoms with Crippen molar-refractivity contribution in [2.24, 2.45) is 0 Å². The largest absolute Gasteiger partial charge is 0.270 e. The quantitative estimate of drug-likeness (QED) is 0.424. The Labute approximate surface area is 115 Å². The number of rotatable bonds is 6. The van der Waals surface area contributed by atoms with Crippen LogP contribution in [0.1, 0.15) is 54.4 Å². The number of unbranched alkanes of at least 4 members (excludes halogenated alkanes) is 1. The van der Waals surface area contributed by atoms with E-state index in [-0.39, 0.29) is 0 Å². The van der Waals surface area contributed by atoms with Crippen molar-refractivity contribution in [3.05, 3.63) is 0 Å². The molecule has 0 spiro atoms. The average molecular weight is 294 g/mol. The molecule has 0 heterocycles. The predicted octanol–water partition coefficient (Wildman–Crippen LogP) is 3.84. The maximum absolute atomic E-state index is 10.8. The Morgan fingerprint density at radius 1 is 0.944 bits per heavy atom. The van der Waals surface area contributed by atoms with E-state index >= 15 is 0 Å². The molecule has 0 saturated carbocycles. The molecule has 0 bridgehead atoms. The van der Waals surface area contributed by atoms with Crippen molar-refractivity contribution >= 4 is 18.9 Å². The standard InChI is InChI=1S/C13H29O3SSi/c1-12(2,3)18(13(4,5)6)11-9-8-10-16-17(7,14)15/h8-11H2,1-7H3. The molecule has 0 aliphatic rings. The highest BCUT2D eigenvalue weighted by molar-refractivity contribution is 7.85. The molecule has 0 aliphatic heterocycles. The third kappa shape index (κ3) is 8.27. The van der Waals surface area contributed by atoms with Gasteiger partial charge >= 0.3 is 0 Å². The number of hydrogen-bond acceptors (Lipinski definition) is 3. The molecule has 0 atom stereocenters. The molecule has 3 nitrogen and oxygen atoms in total. The summed E-state index contributed by atoms with van der Waals surface area (Å²) in [5, 5.41) is 0.751. The molecule has 109 valence electrons. The van der Waals surface area contributed by atoms with E-state index in [1.165, 1.54) is 6.04 Å². The number of hydrogen-bond donors (Lipinski definition) is 0. The molecule has 0 saturated heterocycles. The zero-order valence-electron chi connectivity index (χ0n) is 13.0. The van der Waals surface area contributed by atoms with Gasteiger partial charge in [0.15, 0.2) is 0 Å². The van der Waals surface area contributed by atoms with Gasteiger partial charge in [0, 0.05) is 0 Å². The second-order valence-electron chi connectivity index (χ2n) is 6.96. The van der Waals surface area contributed by atoms with Crippen LogP contribution in [0.5, 0.6) is 0 Å². The van der Waals surface area contributed by atoms with E-state index in [2.05, 4.69) is 41.5 Å². The summed E-state index contributed by atoms with van der Waals surface area (Å²) < 4.78 is 26.4. The smallest absolute Gasteiger partial charge is 0.264 e. The van der Waals surface area contributed by atoms with Crippen LogP contribution in [0, 0.1) is 0 Å². The Hall–Kier alpha value is 0.127. The Morgan fingerprint density at radius 3 is 1.72 bits per heavy atom. The summed E-state index contributed by atoms with van der Waals surface area (Å²) >= 11 is 0. The normalized spacial score (nSPS) is 14.2. The van der Waals surface area contributed by atoms with E-state index in [0.29, 0.717) is 16.7 Å². The van der Waals surface area contributed by atoms with Gasteiger partial charge < -0.3 is 0 Å². The highest BCUT2D eigenvalue weighted by atomic mass is 32.2. The van der Waals surface area contributed by atoms with Crippen LogP contribution in [-0.4, -0.2) is 30.1 Å². The van der Waals surface area contributed by atoms with Gasteiger partial charge in [0.05, 0.1) is 21.7 Å². The highest BCUT2D eigenvalue weighted by Gasteiger charge is 2.35. The Morgan fingerprint density at radius 2 is 1.39 bits per heavy atom. The van der Waals surface area contributed by atoms with E-state index in [0.717, 1.165) is 19.1 Å². The molecule has 0 fully saturated rings. The van der Waals surface area contributed by atoms with E-state index in [1.807, 2.05) is 0 Å². The summed E-state index contributed by atoms with van der Waals surface area (Å²) in [6.07, 6.45) is 2.98. The van der Waals surface area contributed by atoms with Crippen LogP contribution in [0.2, 0.25) is 16.1 Å². The molecule has 0 rings (SSSR count). The van der Waals surface area contributed by atoms with Crippen LogP contribution in [0.15, 0.2) is 0 Å². The van der Waals surface area contributed by atoms with Gasteiger partial charge in [-0.2, -0.15) is 8.42 Å². The maximum Gasteiger partial charge on any atom is 0.264 e. The van der Waals surface area contributed by atoms with E-state index in [9.17, 15) is 8.42 Å². The van der Waals surface area contributed by atoms with Gasteiger partial charge in [-0.25, -0.2) is 0 Å². The first-order chi connectivity index (χ1) is 7.84. The molecule has 0 aromatic rings. The summed E-state index contributed by atoms with van der Waals surface area (Å²) in [6.45, 7) is 14.2. The lowest BCUT2D eigenvalue weighted by atomic mass is 10.2.